The summed E-state index contributed by atoms with van der Waals surface area (Å²) in [7, 11) is -4.36. The summed E-state index contributed by atoms with van der Waals surface area (Å²) in [6.45, 7) is 4.53. The van der Waals surface area contributed by atoms with E-state index in [0.29, 0.717) is 0 Å². The highest BCUT2D eigenvalue weighted by Crippen LogP contribution is 2.61. The second kappa shape index (κ2) is 12.3. The van der Waals surface area contributed by atoms with Crippen molar-refractivity contribution in [2.24, 2.45) is 0 Å². The predicted molar refractivity (Wildman–Crippen MR) is 191 cm³/mol. The molecule has 1 aliphatic heterocycles. The van der Waals surface area contributed by atoms with Gasteiger partial charge < -0.3 is 9.30 Å². The van der Waals surface area contributed by atoms with Crippen LogP contribution >= 0.6 is 23.0 Å². The summed E-state index contributed by atoms with van der Waals surface area (Å²) in [6.07, 6.45) is 0. The Labute approximate surface area is 263 Å². The van der Waals surface area contributed by atoms with E-state index in [9.17, 15) is 4.57 Å². The van der Waals surface area contributed by atoms with Crippen LogP contribution in [0.5, 0.6) is 11.5 Å². The summed E-state index contributed by atoms with van der Waals surface area (Å²) < 4.78 is 22.0. The average Bonchev–Trinajstić information content (AvgIpc) is 3.07. The van der Waals surface area contributed by atoms with Crippen molar-refractivity contribution in [3.05, 3.63) is 169 Å². The lowest BCUT2D eigenvalue weighted by atomic mass is 9.76. The Morgan fingerprint density at radius 3 is 1.43 bits per heavy atom. The van der Waals surface area contributed by atoms with Crippen LogP contribution in [0, 0.1) is 0 Å². The molecule has 0 fully saturated rings. The van der Waals surface area contributed by atoms with Gasteiger partial charge >= 0.3 is 0 Å². The van der Waals surface area contributed by atoms with E-state index in [1.807, 2.05) is 42.5 Å². The lowest BCUT2D eigenvalue weighted by molar-refractivity contribution is 0.424. The first kappa shape index (κ1) is 29.0. The summed E-state index contributed by atoms with van der Waals surface area (Å²) in [5.74, 6) is 1.66. The Hall–Kier alpha value is -3.79. The molecule has 2 nitrogen and oxygen atoms in total. The topological polar surface area (TPSA) is 26.3 Å². The maximum absolute atomic E-state index is 14.9. The molecule has 6 aromatic carbocycles. The minimum Gasteiger partial charge on any atom is -0.455 e. The molecule has 0 spiro atoms. The van der Waals surface area contributed by atoms with Crippen molar-refractivity contribution in [1.82, 2.24) is 0 Å². The highest BCUT2D eigenvalue weighted by Gasteiger charge is 2.39. The van der Waals surface area contributed by atoms with E-state index >= 15 is 0 Å². The molecule has 0 aromatic heterocycles. The molecular formula is C39H33O2P3. The fraction of sp³-hybridized carbons (Fsp3) is 0.0769. The smallest absolute Gasteiger partial charge is 0.142 e. The summed E-state index contributed by atoms with van der Waals surface area (Å²) in [5.41, 5.74) is 1.90. The number of fused-ring (bicyclic) bond motifs is 2. The van der Waals surface area contributed by atoms with E-state index < -0.39 is 23.0 Å². The number of hydrogen-bond acceptors (Lipinski definition) is 2. The van der Waals surface area contributed by atoms with E-state index in [4.69, 9.17) is 4.74 Å². The third-order valence-electron chi connectivity index (χ3n) is 8.29. The van der Waals surface area contributed by atoms with Crippen LogP contribution in [0.2, 0.25) is 0 Å². The first-order valence-electron chi connectivity index (χ1n) is 14.8. The molecule has 7 rings (SSSR count). The number of rotatable bonds is 7. The predicted octanol–water partition coefficient (Wildman–Crippen LogP) is 8.11. The molecular weight excluding hydrogens is 593 g/mol. The van der Waals surface area contributed by atoms with Gasteiger partial charge in [-0.1, -0.05) is 166 Å². The lowest BCUT2D eigenvalue weighted by Crippen LogP contribution is -2.31. The number of ether oxygens (including phenoxy) is 1. The van der Waals surface area contributed by atoms with Crippen molar-refractivity contribution in [2.45, 2.75) is 19.3 Å². The molecule has 0 aliphatic carbocycles. The van der Waals surface area contributed by atoms with Crippen LogP contribution in [0.25, 0.3) is 0 Å². The fourth-order valence-corrected chi connectivity index (χ4v) is 14.6. The molecule has 0 bridgehead atoms. The number of hydrogen-bond donors (Lipinski definition) is 0. The van der Waals surface area contributed by atoms with Crippen molar-refractivity contribution >= 4 is 54.8 Å². The quantitative estimate of drug-likeness (QED) is 0.168. The second-order valence-electron chi connectivity index (χ2n) is 11.4. The molecule has 1 heterocycles. The van der Waals surface area contributed by atoms with Gasteiger partial charge in [0.05, 0.1) is 5.30 Å². The molecule has 6 aromatic rings. The minimum absolute atomic E-state index is 0.340. The highest BCUT2D eigenvalue weighted by atomic mass is 32.1. The Balaban J connectivity index is 1.40. The third-order valence-corrected chi connectivity index (χ3v) is 17.1. The van der Waals surface area contributed by atoms with Crippen LogP contribution in [0.1, 0.15) is 25.0 Å². The molecule has 0 saturated carbocycles. The van der Waals surface area contributed by atoms with Gasteiger partial charge in [-0.15, -0.1) is 0 Å². The van der Waals surface area contributed by atoms with Gasteiger partial charge in [0, 0.05) is 29.5 Å². The van der Waals surface area contributed by atoms with Crippen LogP contribution in [0.3, 0.4) is 0 Å². The maximum Gasteiger partial charge on any atom is 0.142 e. The second-order valence-corrected chi connectivity index (χ2v) is 19.0. The van der Waals surface area contributed by atoms with Gasteiger partial charge in [-0.2, -0.15) is 0 Å². The molecule has 1 atom stereocenters. The first-order chi connectivity index (χ1) is 21.5. The maximum atomic E-state index is 14.9. The highest BCUT2D eigenvalue weighted by molar-refractivity contribution is 8.33. The molecule has 0 amide bonds. The van der Waals surface area contributed by atoms with Crippen LogP contribution < -0.4 is 36.6 Å². The summed E-state index contributed by atoms with van der Waals surface area (Å²) in [6, 6.07) is 55.0. The summed E-state index contributed by atoms with van der Waals surface area (Å²) >= 11 is 0. The van der Waals surface area contributed by atoms with Gasteiger partial charge in [0.1, 0.15) is 19.0 Å². The van der Waals surface area contributed by atoms with Gasteiger partial charge in [0.15, 0.2) is 0 Å². The van der Waals surface area contributed by atoms with Crippen molar-refractivity contribution in [2.75, 3.05) is 0 Å². The Morgan fingerprint density at radius 1 is 0.500 bits per heavy atom. The average molecular weight is 627 g/mol. The standard InChI is InChI=1S/C39H33O2P3/c1-39(2)33-25-15-27-35(42(29-17-7-3-8-18-29)30-19-9-4-10-20-30)37(33)41-38-34(39)26-16-28-36(38)44(40)43(31-21-11-5-12-22-31)32-23-13-6-14-24-32/h3-28,44H,1-2H3. The normalized spacial score (nSPS) is 14.0. The molecule has 5 heteroatoms. The van der Waals surface area contributed by atoms with Gasteiger partial charge in [-0.05, 0) is 35.2 Å². The van der Waals surface area contributed by atoms with E-state index in [-0.39, 0.29) is 5.41 Å². The first-order valence-corrected chi connectivity index (χ1v) is 19.8. The Bertz CT molecular complexity index is 1850. The van der Waals surface area contributed by atoms with Crippen molar-refractivity contribution in [3.8, 4) is 11.5 Å². The zero-order valence-corrected chi connectivity index (χ0v) is 27.5. The number of para-hydroxylation sites is 2. The monoisotopic (exact) mass is 626 g/mol. The molecule has 1 aliphatic rings. The lowest BCUT2D eigenvalue weighted by Gasteiger charge is -2.37. The zero-order chi connectivity index (χ0) is 30.1. The van der Waals surface area contributed by atoms with Gasteiger partial charge in [0.2, 0.25) is 0 Å². The van der Waals surface area contributed by atoms with Gasteiger partial charge in [-0.3, -0.25) is 0 Å². The fourth-order valence-electron chi connectivity index (χ4n) is 6.09. The summed E-state index contributed by atoms with van der Waals surface area (Å²) in [5, 5.41) is 6.77. The molecule has 0 radical (unpaired) electrons. The Morgan fingerprint density at radius 2 is 0.932 bits per heavy atom. The largest absolute Gasteiger partial charge is 0.455 e. The van der Waals surface area contributed by atoms with Crippen molar-refractivity contribution < 1.29 is 9.30 Å². The van der Waals surface area contributed by atoms with E-state index in [1.165, 1.54) is 15.9 Å². The molecule has 0 saturated heterocycles. The van der Waals surface area contributed by atoms with Crippen LogP contribution in [0.15, 0.2) is 158 Å². The SMILES string of the molecule is CC1(C)c2cccc(P(c3ccccc3)c3ccccc3)c2Oc2c([PH](=O)P(c3ccccc3)c3ccccc3)cccc21. The molecule has 1 unspecified atom stereocenters. The molecule has 0 N–H and O–H groups in total. The number of benzene rings is 6. The molecule has 216 valence electrons. The summed E-state index contributed by atoms with van der Waals surface area (Å²) in [4.78, 5) is 0. The van der Waals surface area contributed by atoms with E-state index in [1.54, 1.807) is 0 Å². The minimum atomic E-state index is -2.34. The zero-order valence-electron chi connectivity index (χ0n) is 24.7. The van der Waals surface area contributed by atoms with Crippen LogP contribution in [-0.2, 0) is 9.98 Å². The van der Waals surface area contributed by atoms with Crippen molar-refractivity contribution in [1.29, 1.82) is 0 Å². The Kier molecular flexibility index (Phi) is 8.10. The van der Waals surface area contributed by atoms with Crippen LogP contribution in [-0.4, -0.2) is 0 Å². The van der Waals surface area contributed by atoms with Gasteiger partial charge in [-0.25, -0.2) is 0 Å². The van der Waals surface area contributed by atoms with Gasteiger partial charge in [0.25, 0.3) is 0 Å². The third kappa shape index (κ3) is 5.27. The van der Waals surface area contributed by atoms with E-state index in [0.717, 1.165) is 38.5 Å². The van der Waals surface area contributed by atoms with Crippen LogP contribution in [0.4, 0.5) is 0 Å². The van der Waals surface area contributed by atoms with Crippen molar-refractivity contribution in [3.63, 3.8) is 0 Å². The van der Waals surface area contributed by atoms with E-state index in [2.05, 4.69) is 129 Å². The molecule has 44 heavy (non-hydrogen) atoms.